The van der Waals surface area contributed by atoms with Crippen LogP contribution in [0.3, 0.4) is 0 Å². The molecule has 102 valence electrons. The summed E-state index contributed by atoms with van der Waals surface area (Å²) >= 11 is 1.48. The molecule has 0 saturated carbocycles. The Morgan fingerprint density at radius 1 is 1.67 bits per heavy atom. The fraction of sp³-hybridized carbons (Fsp3) is 0.615. The van der Waals surface area contributed by atoms with E-state index in [0.29, 0.717) is 13.0 Å². The van der Waals surface area contributed by atoms with Crippen molar-refractivity contribution in [3.8, 4) is 0 Å². The van der Waals surface area contributed by atoms with Crippen molar-refractivity contribution < 1.29 is 14.6 Å². The van der Waals surface area contributed by atoms with E-state index in [-0.39, 0.29) is 18.4 Å². The van der Waals surface area contributed by atoms with Crippen molar-refractivity contribution in [3.05, 3.63) is 22.4 Å². The first-order chi connectivity index (χ1) is 8.47. The van der Waals surface area contributed by atoms with Crippen LogP contribution in [0, 0.1) is 5.92 Å². The lowest BCUT2D eigenvalue weighted by molar-refractivity contribution is -0.126. The number of methoxy groups -OCH3 is 1. The highest BCUT2D eigenvalue weighted by Crippen LogP contribution is 2.24. The molecule has 0 aliphatic carbocycles. The second kappa shape index (κ2) is 6.87. The molecule has 0 aliphatic rings. The third-order valence-electron chi connectivity index (χ3n) is 2.86. The topological polar surface area (TPSA) is 58.6 Å². The smallest absolute Gasteiger partial charge is 0.223 e. The third-order valence-corrected chi connectivity index (χ3v) is 3.98. The number of rotatable bonds is 7. The standard InChI is InChI=1S/C13H21NO3S/c1-10(6-7-17-3)12(15)14-9-13(2,16)11-5-4-8-18-11/h4-5,8,10,16H,6-7,9H2,1-3H3,(H,14,15). The van der Waals surface area contributed by atoms with Crippen LogP contribution in [0.4, 0.5) is 0 Å². The van der Waals surface area contributed by atoms with E-state index < -0.39 is 5.60 Å². The van der Waals surface area contributed by atoms with Gasteiger partial charge in [0.15, 0.2) is 0 Å². The van der Waals surface area contributed by atoms with Gasteiger partial charge in [-0.05, 0) is 24.8 Å². The summed E-state index contributed by atoms with van der Waals surface area (Å²) in [5.41, 5.74) is -1.01. The van der Waals surface area contributed by atoms with Gasteiger partial charge in [-0.2, -0.15) is 0 Å². The van der Waals surface area contributed by atoms with E-state index >= 15 is 0 Å². The summed E-state index contributed by atoms with van der Waals surface area (Å²) in [5, 5.41) is 14.9. The lowest BCUT2D eigenvalue weighted by Crippen LogP contribution is -2.40. The zero-order valence-electron chi connectivity index (χ0n) is 11.1. The van der Waals surface area contributed by atoms with E-state index in [4.69, 9.17) is 4.74 Å². The Balaban J connectivity index is 2.42. The van der Waals surface area contributed by atoms with Crippen LogP contribution in [0.2, 0.25) is 0 Å². The molecule has 2 unspecified atom stereocenters. The van der Waals surface area contributed by atoms with Crippen LogP contribution in [0.15, 0.2) is 17.5 Å². The fourth-order valence-corrected chi connectivity index (χ4v) is 2.32. The molecule has 0 radical (unpaired) electrons. The van der Waals surface area contributed by atoms with E-state index in [9.17, 15) is 9.90 Å². The number of ether oxygens (including phenoxy) is 1. The van der Waals surface area contributed by atoms with Gasteiger partial charge in [0.05, 0.1) is 6.54 Å². The van der Waals surface area contributed by atoms with Gasteiger partial charge < -0.3 is 15.2 Å². The molecule has 4 nitrogen and oxygen atoms in total. The van der Waals surface area contributed by atoms with Gasteiger partial charge in [-0.25, -0.2) is 0 Å². The number of amides is 1. The van der Waals surface area contributed by atoms with Crippen molar-refractivity contribution in [1.82, 2.24) is 5.32 Å². The predicted molar refractivity (Wildman–Crippen MR) is 72.6 cm³/mol. The monoisotopic (exact) mass is 271 g/mol. The number of hydrogen-bond acceptors (Lipinski definition) is 4. The molecule has 0 saturated heterocycles. The van der Waals surface area contributed by atoms with E-state index in [2.05, 4.69) is 5.32 Å². The van der Waals surface area contributed by atoms with Crippen molar-refractivity contribution >= 4 is 17.2 Å². The van der Waals surface area contributed by atoms with Gasteiger partial charge in [0, 0.05) is 24.5 Å². The van der Waals surface area contributed by atoms with Crippen molar-refractivity contribution in [2.75, 3.05) is 20.3 Å². The fourth-order valence-electron chi connectivity index (χ4n) is 1.53. The Kier molecular flexibility index (Phi) is 5.78. The second-order valence-corrected chi connectivity index (χ2v) is 5.60. The maximum Gasteiger partial charge on any atom is 0.223 e. The number of carbonyl (C=O) groups is 1. The van der Waals surface area contributed by atoms with Gasteiger partial charge in [-0.3, -0.25) is 4.79 Å². The molecule has 1 amide bonds. The normalized spacial score (nSPS) is 16.0. The van der Waals surface area contributed by atoms with Gasteiger partial charge >= 0.3 is 0 Å². The first kappa shape index (κ1) is 15.1. The van der Waals surface area contributed by atoms with Gasteiger partial charge in [0.25, 0.3) is 0 Å². The Hall–Kier alpha value is -0.910. The van der Waals surface area contributed by atoms with Crippen LogP contribution in [-0.2, 0) is 15.1 Å². The largest absolute Gasteiger partial charge is 0.385 e. The lowest BCUT2D eigenvalue weighted by Gasteiger charge is -2.23. The predicted octanol–water partition coefficient (Wildman–Crippen LogP) is 1.74. The molecule has 0 bridgehead atoms. The van der Waals surface area contributed by atoms with E-state index in [1.807, 2.05) is 24.4 Å². The molecule has 0 spiro atoms. The van der Waals surface area contributed by atoms with Crippen LogP contribution in [0.5, 0.6) is 0 Å². The minimum Gasteiger partial charge on any atom is -0.385 e. The minimum absolute atomic E-state index is 0.0520. The third kappa shape index (κ3) is 4.40. The molecule has 0 aromatic carbocycles. The second-order valence-electron chi connectivity index (χ2n) is 4.65. The van der Waals surface area contributed by atoms with Crippen LogP contribution in [0.25, 0.3) is 0 Å². The highest BCUT2D eigenvalue weighted by Gasteiger charge is 2.25. The van der Waals surface area contributed by atoms with E-state index in [1.54, 1.807) is 14.0 Å². The summed E-state index contributed by atoms with van der Waals surface area (Å²) < 4.78 is 4.94. The molecule has 18 heavy (non-hydrogen) atoms. The van der Waals surface area contributed by atoms with Crippen molar-refractivity contribution in [2.24, 2.45) is 5.92 Å². The lowest BCUT2D eigenvalue weighted by atomic mass is 10.0. The van der Waals surface area contributed by atoms with Crippen LogP contribution in [-0.4, -0.2) is 31.3 Å². The van der Waals surface area contributed by atoms with E-state index in [0.717, 1.165) is 4.88 Å². The SMILES string of the molecule is COCCC(C)C(=O)NCC(C)(O)c1cccs1. The highest BCUT2D eigenvalue weighted by atomic mass is 32.1. The summed E-state index contributed by atoms with van der Waals surface area (Å²) in [7, 11) is 1.62. The molecule has 1 rings (SSSR count). The molecule has 1 aromatic rings. The number of hydrogen-bond donors (Lipinski definition) is 2. The molecule has 1 aromatic heterocycles. The van der Waals surface area contributed by atoms with Crippen LogP contribution >= 0.6 is 11.3 Å². The maximum atomic E-state index is 11.8. The Morgan fingerprint density at radius 2 is 2.39 bits per heavy atom. The van der Waals surface area contributed by atoms with Crippen molar-refractivity contribution in [3.63, 3.8) is 0 Å². The van der Waals surface area contributed by atoms with Gasteiger partial charge in [-0.1, -0.05) is 13.0 Å². The van der Waals surface area contributed by atoms with Gasteiger partial charge in [-0.15, -0.1) is 11.3 Å². The zero-order chi connectivity index (χ0) is 13.6. The summed E-state index contributed by atoms with van der Waals surface area (Å²) in [4.78, 5) is 12.6. The molecular weight excluding hydrogens is 250 g/mol. The molecule has 5 heteroatoms. The molecule has 0 fully saturated rings. The molecular formula is C13H21NO3S. The Morgan fingerprint density at radius 3 is 2.94 bits per heavy atom. The summed E-state index contributed by atoms with van der Waals surface area (Å²) in [6.07, 6.45) is 0.684. The first-order valence-corrected chi connectivity index (χ1v) is 6.88. The number of carbonyl (C=O) groups excluding carboxylic acids is 1. The maximum absolute atomic E-state index is 11.8. The van der Waals surface area contributed by atoms with Crippen molar-refractivity contribution in [1.29, 1.82) is 0 Å². The molecule has 0 aliphatic heterocycles. The summed E-state index contributed by atoms with van der Waals surface area (Å²) in [5.74, 6) is -0.159. The Labute approximate surface area is 112 Å². The number of nitrogens with one attached hydrogen (secondary N) is 1. The Bertz CT molecular complexity index is 362. The average Bonchev–Trinajstić information content (AvgIpc) is 2.87. The summed E-state index contributed by atoms with van der Waals surface area (Å²) in [6, 6.07) is 3.75. The highest BCUT2D eigenvalue weighted by molar-refractivity contribution is 7.10. The molecule has 2 atom stereocenters. The zero-order valence-corrected chi connectivity index (χ0v) is 11.9. The number of aliphatic hydroxyl groups is 1. The minimum atomic E-state index is -1.01. The molecule has 2 N–H and O–H groups in total. The van der Waals surface area contributed by atoms with E-state index in [1.165, 1.54) is 11.3 Å². The van der Waals surface area contributed by atoms with Crippen LogP contribution in [0.1, 0.15) is 25.1 Å². The average molecular weight is 271 g/mol. The quantitative estimate of drug-likeness (QED) is 0.794. The van der Waals surface area contributed by atoms with Crippen LogP contribution < -0.4 is 5.32 Å². The van der Waals surface area contributed by atoms with Gasteiger partial charge in [0.2, 0.25) is 5.91 Å². The molecule has 1 heterocycles. The first-order valence-electron chi connectivity index (χ1n) is 6.00. The van der Waals surface area contributed by atoms with Gasteiger partial charge in [0.1, 0.15) is 5.60 Å². The summed E-state index contributed by atoms with van der Waals surface area (Å²) in [6.45, 7) is 4.35. The van der Waals surface area contributed by atoms with Crippen molar-refractivity contribution in [2.45, 2.75) is 25.9 Å². The number of thiophene rings is 1.